The van der Waals surface area contributed by atoms with Crippen molar-refractivity contribution in [2.45, 2.75) is 36.5 Å². The lowest BCUT2D eigenvalue weighted by atomic mass is 9.56. The third kappa shape index (κ3) is 2.98. The molecule has 6 atom stereocenters. The fourth-order valence-corrected chi connectivity index (χ4v) is 6.22. The molecule has 5 rings (SSSR count). The van der Waals surface area contributed by atoms with Gasteiger partial charge < -0.3 is 31.3 Å². The first-order valence-corrected chi connectivity index (χ1v) is 11.6. The van der Waals surface area contributed by atoms with Crippen molar-refractivity contribution in [2.75, 3.05) is 14.1 Å². The minimum absolute atomic E-state index is 0.0312. The molecule has 1 aromatic rings. The number of allylic oxidation sites excluding steroid dienone is 2. The van der Waals surface area contributed by atoms with Crippen LogP contribution in [0.2, 0.25) is 0 Å². The monoisotopic (exact) mass is 495 g/mol. The van der Waals surface area contributed by atoms with Crippen LogP contribution in [-0.4, -0.2) is 79.7 Å². The molecule has 10 nitrogen and oxygen atoms in total. The molecule has 0 heterocycles. The smallest absolute Gasteiger partial charge is 0.255 e. The first-order chi connectivity index (χ1) is 16.9. The van der Waals surface area contributed by atoms with Crippen molar-refractivity contribution >= 4 is 23.2 Å². The van der Waals surface area contributed by atoms with E-state index in [2.05, 4.69) is 0 Å². The number of carbonyl (C=O) groups excluding carboxylic acids is 3. The Labute approximate surface area is 206 Å². The molecule has 189 valence electrons. The lowest BCUT2D eigenvalue weighted by molar-refractivity contribution is -0.167. The molecule has 0 bridgehead atoms. The maximum atomic E-state index is 13.8. The summed E-state index contributed by atoms with van der Waals surface area (Å²) in [4.78, 5) is 40.3. The molecular weight excluding hydrogens is 468 g/mol. The second-order valence-corrected chi connectivity index (χ2v) is 10.0. The largest absolute Gasteiger partial charge is 0.508 e. The first-order valence-electron chi connectivity index (χ1n) is 11.6. The number of amides is 1. The Morgan fingerprint density at radius 1 is 1.17 bits per heavy atom. The number of Topliss-reactive ketones (excluding diaryl/α,β-unsaturated/α-hetero) is 2. The van der Waals surface area contributed by atoms with Gasteiger partial charge in [0.05, 0.1) is 23.6 Å². The average molecular weight is 496 g/mol. The zero-order valence-electron chi connectivity index (χ0n) is 19.7. The molecule has 1 unspecified atom stereocenters. The molecule has 4 aliphatic rings. The van der Waals surface area contributed by atoms with Crippen LogP contribution in [0.15, 0.2) is 41.2 Å². The van der Waals surface area contributed by atoms with Gasteiger partial charge in [-0.25, -0.2) is 0 Å². The summed E-state index contributed by atoms with van der Waals surface area (Å²) in [5, 5.41) is 56.2. The van der Waals surface area contributed by atoms with Crippen molar-refractivity contribution in [3.8, 4) is 5.75 Å². The number of aliphatic hydroxyl groups is 4. The molecule has 1 amide bonds. The lowest BCUT2D eigenvalue weighted by Crippen LogP contribution is -2.70. The molecular formula is C26H27N2O8. The number of aliphatic hydroxyl groups excluding tert-OH is 3. The summed E-state index contributed by atoms with van der Waals surface area (Å²) in [5.74, 6) is -8.44. The topological polar surface area (TPSA) is 182 Å². The Morgan fingerprint density at radius 3 is 2.44 bits per heavy atom. The Morgan fingerprint density at radius 2 is 1.86 bits per heavy atom. The van der Waals surface area contributed by atoms with Gasteiger partial charge in [0.2, 0.25) is 5.78 Å². The van der Waals surface area contributed by atoms with Crippen molar-refractivity contribution in [3.63, 3.8) is 0 Å². The fraction of sp³-hybridized carbons (Fsp3) is 0.385. The summed E-state index contributed by atoms with van der Waals surface area (Å²) in [6.07, 6.45) is 5.38. The van der Waals surface area contributed by atoms with Crippen LogP contribution in [0.25, 0.3) is 5.76 Å². The minimum atomic E-state index is -2.92. The third-order valence-electron chi connectivity index (χ3n) is 7.90. The van der Waals surface area contributed by atoms with Gasteiger partial charge in [0.25, 0.3) is 5.91 Å². The summed E-state index contributed by atoms with van der Waals surface area (Å²) in [6, 6.07) is 2.01. The number of benzene rings is 1. The maximum Gasteiger partial charge on any atom is 0.255 e. The summed E-state index contributed by atoms with van der Waals surface area (Å²) < 4.78 is 0. The Hall–Kier alpha value is -3.47. The molecule has 1 saturated carbocycles. The molecule has 10 heteroatoms. The van der Waals surface area contributed by atoms with Crippen LogP contribution >= 0.6 is 0 Å². The van der Waals surface area contributed by atoms with E-state index in [-0.39, 0.29) is 17.2 Å². The molecule has 1 fully saturated rings. The quantitative estimate of drug-likeness (QED) is 0.255. The van der Waals surface area contributed by atoms with Crippen molar-refractivity contribution in [2.24, 2.45) is 17.6 Å². The van der Waals surface area contributed by atoms with E-state index in [9.17, 15) is 39.9 Å². The Balaban J connectivity index is 1.74. The van der Waals surface area contributed by atoms with Gasteiger partial charge in [-0.1, -0.05) is 24.3 Å². The number of aromatic hydroxyl groups is 1. The SMILES string of the molecule is CN(C)[C@H]1C(=O)C(C(N)=O)=C(O)[C@]2(O)C(=O)C3=C(O)c4c(ccc(C5C=CCC5)c4O)[CH][C@@H]3[C@@H](O)[C@H]12. The average Bonchev–Trinajstić information content (AvgIpc) is 3.33. The zero-order chi connectivity index (χ0) is 26.3. The standard InChI is InChI=1S/C26H27N2O8/c1-28(2)18-17-20(30)13-9-11-7-8-12(10-5-3-4-6-10)19(29)14(11)21(31)15(13)23(33)26(17,36)24(34)16(22(18)32)25(27)35/h3,5,7-10,13,17-18,20,29-31,34,36H,4,6H2,1-2H3,(H2,27,35)/t10?,13-,17-,18+,20+,26+/m0/s1. The number of ketones is 2. The summed E-state index contributed by atoms with van der Waals surface area (Å²) >= 11 is 0. The van der Waals surface area contributed by atoms with Crippen LogP contribution in [0, 0.1) is 18.3 Å². The predicted molar refractivity (Wildman–Crippen MR) is 126 cm³/mol. The Kier molecular flexibility index (Phi) is 5.40. The van der Waals surface area contributed by atoms with Crippen molar-refractivity contribution in [3.05, 3.63) is 64.3 Å². The van der Waals surface area contributed by atoms with Crippen LogP contribution in [0.3, 0.4) is 0 Å². The van der Waals surface area contributed by atoms with Gasteiger partial charge in [0, 0.05) is 29.4 Å². The number of hydrogen-bond donors (Lipinski definition) is 6. The highest BCUT2D eigenvalue weighted by molar-refractivity contribution is 6.24. The highest BCUT2D eigenvalue weighted by Gasteiger charge is 2.67. The number of phenols is 1. The van der Waals surface area contributed by atoms with E-state index in [1.807, 2.05) is 12.2 Å². The summed E-state index contributed by atoms with van der Waals surface area (Å²) in [6.45, 7) is 0. The van der Waals surface area contributed by atoms with Gasteiger partial charge in [-0.2, -0.15) is 0 Å². The van der Waals surface area contributed by atoms with E-state index in [0.29, 0.717) is 11.1 Å². The molecule has 36 heavy (non-hydrogen) atoms. The number of phenolic OH excluding ortho intramolecular Hbond substituents is 1. The number of hydrogen-bond acceptors (Lipinski definition) is 9. The minimum Gasteiger partial charge on any atom is -0.508 e. The second kappa shape index (κ2) is 8.02. The van der Waals surface area contributed by atoms with Crippen molar-refractivity contribution < 1.29 is 39.9 Å². The van der Waals surface area contributed by atoms with Crippen molar-refractivity contribution in [1.29, 1.82) is 0 Å². The molecule has 1 aromatic carbocycles. The molecule has 0 saturated heterocycles. The number of likely N-dealkylation sites (N-methyl/N-ethyl adjacent to an activating group) is 1. The molecule has 0 aliphatic heterocycles. The number of fused-ring (bicyclic) bond motifs is 3. The molecule has 7 N–H and O–H groups in total. The highest BCUT2D eigenvalue weighted by atomic mass is 16.4. The number of rotatable bonds is 3. The van der Waals surface area contributed by atoms with E-state index in [4.69, 9.17) is 5.73 Å². The first kappa shape index (κ1) is 24.2. The molecule has 0 aromatic heterocycles. The molecule has 1 radical (unpaired) electrons. The van der Waals surface area contributed by atoms with Gasteiger partial charge in [-0.15, -0.1) is 0 Å². The van der Waals surface area contributed by atoms with E-state index >= 15 is 0 Å². The second-order valence-electron chi connectivity index (χ2n) is 10.0. The van der Waals surface area contributed by atoms with Crippen LogP contribution in [-0.2, 0) is 14.4 Å². The zero-order valence-corrected chi connectivity index (χ0v) is 19.7. The maximum absolute atomic E-state index is 13.8. The van der Waals surface area contributed by atoms with E-state index in [1.54, 1.807) is 12.1 Å². The molecule has 0 spiro atoms. The van der Waals surface area contributed by atoms with Crippen LogP contribution < -0.4 is 5.73 Å². The number of carbonyl (C=O) groups is 3. The normalized spacial score (nSPS) is 33.6. The van der Waals surface area contributed by atoms with E-state index < -0.39 is 69.7 Å². The van der Waals surface area contributed by atoms with E-state index in [1.165, 1.54) is 25.4 Å². The molecule has 4 aliphatic carbocycles. The van der Waals surface area contributed by atoms with Crippen LogP contribution in [0.5, 0.6) is 5.75 Å². The lowest BCUT2D eigenvalue weighted by Gasteiger charge is -2.52. The van der Waals surface area contributed by atoms with E-state index in [0.717, 1.165) is 12.8 Å². The number of primary amides is 1. The van der Waals surface area contributed by atoms with Gasteiger partial charge >= 0.3 is 0 Å². The summed E-state index contributed by atoms with van der Waals surface area (Å²) in [5.41, 5.74) is 1.89. The highest BCUT2D eigenvalue weighted by Crippen LogP contribution is 2.54. The number of nitrogens with two attached hydrogens (primary N) is 1. The Bertz CT molecular complexity index is 1310. The van der Waals surface area contributed by atoms with Gasteiger partial charge in [-0.05, 0) is 32.5 Å². The van der Waals surface area contributed by atoms with Gasteiger partial charge in [-0.3, -0.25) is 19.3 Å². The fourth-order valence-electron chi connectivity index (χ4n) is 6.22. The van der Waals surface area contributed by atoms with Gasteiger partial charge in [0.15, 0.2) is 11.4 Å². The van der Waals surface area contributed by atoms with Crippen LogP contribution in [0.4, 0.5) is 0 Å². The number of nitrogens with zero attached hydrogens (tertiary/aromatic N) is 1. The predicted octanol–water partition coefficient (Wildman–Crippen LogP) is 0.378. The summed E-state index contributed by atoms with van der Waals surface area (Å²) in [7, 11) is 2.92. The van der Waals surface area contributed by atoms with Gasteiger partial charge in [0.1, 0.15) is 22.8 Å². The third-order valence-corrected chi connectivity index (χ3v) is 7.90. The van der Waals surface area contributed by atoms with Crippen LogP contribution in [0.1, 0.15) is 35.4 Å². The van der Waals surface area contributed by atoms with Crippen molar-refractivity contribution in [1.82, 2.24) is 4.90 Å².